The molecule has 0 radical (unpaired) electrons. The van der Waals surface area contributed by atoms with E-state index in [2.05, 4.69) is 0 Å². The number of carboxylic acids is 1. The van der Waals surface area contributed by atoms with Crippen LogP contribution in [0.25, 0.3) is 0 Å². The van der Waals surface area contributed by atoms with Gasteiger partial charge in [-0.2, -0.15) is 13.2 Å². The number of hydrogen-bond acceptors (Lipinski definition) is 5. The molecule has 0 aromatic heterocycles. The van der Waals surface area contributed by atoms with Crippen LogP contribution in [-0.4, -0.2) is 48.3 Å². The number of amides is 3. The second-order valence-electron chi connectivity index (χ2n) is 8.34. The van der Waals surface area contributed by atoms with Crippen LogP contribution in [0.4, 0.5) is 24.5 Å². The normalized spacial score (nSPS) is 17.5. The summed E-state index contributed by atoms with van der Waals surface area (Å²) in [6, 6.07) is 7.72. The molecule has 1 heterocycles. The number of carboxylic acid groups (broad SMARTS) is 1. The van der Waals surface area contributed by atoms with E-state index in [0.717, 1.165) is 18.3 Å². The third-order valence-corrected chi connectivity index (χ3v) is 6.67. The van der Waals surface area contributed by atoms with Gasteiger partial charge in [0, 0.05) is 37.2 Å². The molecule has 37 heavy (non-hydrogen) atoms. The van der Waals surface area contributed by atoms with Crippen LogP contribution in [0.5, 0.6) is 0 Å². The van der Waals surface area contributed by atoms with Crippen LogP contribution in [0.3, 0.4) is 0 Å². The van der Waals surface area contributed by atoms with Crippen molar-refractivity contribution in [3.8, 4) is 0 Å². The Morgan fingerprint density at radius 2 is 1.86 bits per heavy atom. The molecule has 8 nitrogen and oxygen atoms in total. The van der Waals surface area contributed by atoms with Gasteiger partial charge in [-0.05, 0) is 36.8 Å². The first-order chi connectivity index (χ1) is 17.1. The number of hydrogen-bond donors (Lipinski definition) is 1. The van der Waals surface area contributed by atoms with Gasteiger partial charge in [-0.15, -0.1) is 11.6 Å². The summed E-state index contributed by atoms with van der Waals surface area (Å²) in [4.78, 5) is 50.6. The minimum Gasteiger partial charge on any atom is -0.477 e. The van der Waals surface area contributed by atoms with Gasteiger partial charge in [0.1, 0.15) is 10.4 Å². The van der Waals surface area contributed by atoms with Crippen LogP contribution < -0.4 is 9.80 Å². The molecule has 0 fully saturated rings. The fourth-order valence-corrected chi connectivity index (χ4v) is 4.41. The molecule has 2 aromatic carbocycles. The first-order valence-electron chi connectivity index (χ1n) is 10.5. The summed E-state index contributed by atoms with van der Waals surface area (Å²) in [5.41, 5.74) is -0.812. The largest absolute Gasteiger partial charge is 0.477 e. The number of nitrogens with zero attached hydrogens (tertiary/aromatic N) is 3. The molecule has 0 spiro atoms. The van der Waals surface area contributed by atoms with Crippen LogP contribution in [0.2, 0.25) is 5.02 Å². The fraction of sp³-hybridized carbons (Fsp3) is 0.250. The second-order valence-corrected chi connectivity index (χ2v) is 9.48. The summed E-state index contributed by atoms with van der Waals surface area (Å²) in [5, 5.41) is 8.94. The van der Waals surface area contributed by atoms with Crippen molar-refractivity contribution in [3.63, 3.8) is 0 Å². The predicted molar refractivity (Wildman–Crippen MR) is 130 cm³/mol. The van der Waals surface area contributed by atoms with Gasteiger partial charge in [0.05, 0.1) is 17.1 Å². The van der Waals surface area contributed by atoms with Gasteiger partial charge >= 0.3 is 12.1 Å². The quantitative estimate of drug-likeness (QED) is 0.178. The molecule has 1 unspecified atom stereocenters. The Kier molecular flexibility index (Phi) is 7.62. The molecule has 196 valence electrons. The molecule has 2 aromatic rings. The Bertz CT molecular complexity index is 1330. The molecule has 13 heteroatoms. The maximum atomic E-state index is 13.2. The van der Waals surface area contributed by atoms with Gasteiger partial charge in [-0.1, -0.05) is 23.7 Å². The number of carbonyl (C=O) groups is 4. The molecular formula is C24H20Cl2F3N3O5. The van der Waals surface area contributed by atoms with Crippen molar-refractivity contribution in [2.75, 3.05) is 23.9 Å². The minimum atomic E-state index is -4.77. The monoisotopic (exact) mass is 557 g/mol. The Labute approximate surface area is 219 Å². The van der Waals surface area contributed by atoms with Crippen molar-refractivity contribution >= 4 is 58.8 Å². The predicted octanol–water partition coefficient (Wildman–Crippen LogP) is 4.38. The zero-order valence-corrected chi connectivity index (χ0v) is 21.1. The molecule has 0 saturated heterocycles. The summed E-state index contributed by atoms with van der Waals surface area (Å²) in [6.07, 6.45) is -3.82. The van der Waals surface area contributed by atoms with E-state index in [1.54, 1.807) is 25.2 Å². The van der Waals surface area contributed by atoms with Crippen molar-refractivity contribution in [1.82, 2.24) is 4.90 Å². The average molecular weight is 558 g/mol. The van der Waals surface area contributed by atoms with Gasteiger partial charge in [-0.25, -0.2) is 4.79 Å². The van der Waals surface area contributed by atoms with Crippen LogP contribution in [0.1, 0.15) is 23.6 Å². The molecule has 3 rings (SSSR count). The number of halogens is 5. The molecule has 1 aliphatic heterocycles. The van der Waals surface area contributed by atoms with Gasteiger partial charge in [-0.3, -0.25) is 19.3 Å². The van der Waals surface area contributed by atoms with Crippen LogP contribution in [0, 0.1) is 0 Å². The number of carbonyl (C=O) groups excluding carboxylic acids is 3. The zero-order chi connectivity index (χ0) is 27.9. The lowest BCUT2D eigenvalue weighted by Gasteiger charge is -2.21. The lowest BCUT2D eigenvalue weighted by Crippen LogP contribution is -2.34. The van der Waals surface area contributed by atoms with E-state index in [1.807, 2.05) is 0 Å². The Hall–Kier alpha value is -3.57. The van der Waals surface area contributed by atoms with E-state index in [-0.39, 0.29) is 17.9 Å². The molecular weight excluding hydrogens is 538 g/mol. The van der Waals surface area contributed by atoms with Gasteiger partial charge < -0.3 is 14.9 Å². The molecule has 3 amide bonds. The number of imide groups is 1. The topological polar surface area (TPSA) is 98.2 Å². The van der Waals surface area contributed by atoms with Crippen molar-refractivity contribution in [2.24, 2.45) is 0 Å². The summed E-state index contributed by atoms with van der Waals surface area (Å²) >= 11 is 12.3. The number of benzene rings is 2. The highest BCUT2D eigenvalue weighted by molar-refractivity contribution is 6.39. The number of aliphatic carboxylic acids is 1. The molecule has 1 aliphatic rings. The lowest BCUT2D eigenvalue weighted by molar-refractivity contribution is -0.140. The highest BCUT2D eigenvalue weighted by atomic mass is 35.5. The van der Waals surface area contributed by atoms with Crippen LogP contribution >= 0.6 is 23.2 Å². The fourth-order valence-electron chi connectivity index (χ4n) is 3.84. The van der Waals surface area contributed by atoms with Gasteiger partial charge in [0.2, 0.25) is 6.41 Å². The second kappa shape index (κ2) is 10.1. The number of rotatable bonds is 7. The third kappa shape index (κ3) is 5.28. The van der Waals surface area contributed by atoms with E-state index in [1.165, 1.54) is 29.8 Å². The van der Waals surface area contributed by atoms with E-state index in [0.29, 0.717) is 21.8 Å². The van der Waals surface area contributed by atoms with Crippen LogP contribution in [0.15, 0.2) is 48.2 Å². The highest BCUT2D eigenvalue weighted by Gasteiger charge is 2.44. The lowest BCUT2D eigenvalue weighted by atomic mass is 10.0. The number of fused-ring (bicyclic) bond motifs is 1. The van der Waals surface area contributed by atoms with E-state index < -0.39 is 45.6 Å². The number of anilines is 2. The first-order valence-corrected chi connectivity index (χ1v) is 11.3. The highest BCUT2D eigenvalue weighted by Crippen LogP contribution is 2.45. The summed E-state index contributed by atoms with van der Waals surface area (Å²) in [7, 11) is 2.99. The van der Waals surface area contributed by atoms with E-state index in [9.17, 15) is 37.5 Å². The Balaban J connectivity index is 1.93. The molecule has 1 atom stereocenters. The Morgan fingerprint density at radius 1 is 1.22 bits per heavy atom. The summed E-state index contributed by atoms with van der Waals surface area (Å²) in [6.45, 7) is 0.823. The van der Waals surface area contributed by atoms with E-state index >= 15 is 0 Å². The maximum Gasteiger partial charge on any atom is 0.417 e. The maximum absolute atomic E-state index is 13.2. The van der Waals surface area contributed by atoms with Crippen molar-refractivity contribution in [2.45, 2.75) is 24.5 Å². The molecule has 0 saturated carbocycles. The Morgan fingerprint density at radius 3 is 2.43 bits per heavy atom. The van der Waals surface area contributed by atoms with Crippen molar-refractivity contribution in [1.29, 1.82) is 0 Å². The summed E-state index contributed by atoms with van der Waals surface area (Å²) < 4.78 is 39.5. The van der Waals surface area contributed by atoms with Crippen LogP contribution in [-0.2, 0) is 36.8 Å². The van der Waals surface area contributed by atoms with Crippen molar-refractivity contribution in [3.05, 3.63) is 69.9 Å². The van der Waals surface area contributed by atoms with Gasteiger partial charge in [0.15, 0.2) is 0 Å². The summed E-state index contributed by atoms with van der Waals surface area (Å²) in [5.74, 6) is -3.31. The standard InChI is InChI=1S/C24H20Cl2F3N3O5/c1-23(26)17-9-14(7-8-18(17)31(3)22(23)37)30(2)11-15(21(35)36)20(34)32(12-33)10-13-5-4-6-16(19(13)25)24(27,28)29/h4-9,11-12H,10H2,1-3H3,(H,35,36)/b15-11+. The first kappa shape index (κ1) is 28.0. The minimum absolute atomic E-state index is 0.00544. The van der Waals surface area contributed by atoms with Crippen molar-refractivity contribution < 1.29 is 37.5 Å². The molecule has 0 bridgehead atoms. The third-order valence-electron chi connectivity index (χ3n) is 5.86. The molecule has 1 N–H and O–H groups in total. The zero-order valence-electron chi connectivity index (χ0n) is 19.6. The molecule has 0 aliphatic carbocycles. The van der Waals surface area contributed by atoms with Gasteiger partial charge in [0.25, 0.3) is 11.8 Å². The van der Waals surface area contributed by atoms with E-state index in [4.69, 9.17) is 23.2 Å². The number of likely N-dealkylation sites (N-methyl/N-ethyl adjacent to an activating group) is 1. The smallest absolute Gasteiger partial charge is 0.417 e. The average Bonchev–Trinajstić information content (AvgIpc) is 3.00. The number of alkyl halides is 4. The SMILES string of the molecule is CN(/C=C(/C(=O)O)C(=O)N(C=O)Cc1cccc(C(F)(F)F)c1Cl)c1ccc2c(c1)C(C)(Cl)C(=O)N2C.